The third kappa shape index (κ3) is 2.06. The molecular formula is C8H13F3N2O. The van der Waals surface area contributed by atoms with Gasteiger partial charge in [0.25, 0.3) is 0 Å². The van der Waals surface area contributed by atoms with Gasteiger partial charge in [-0.05, 0) is 19.8 Å². The number of piperidine rings is 1. The van der Waals surface area contributed by atoms with E-state index >= 15 is 0 Å². The van der Waals surface area contributed by atoms with Crippen LogP contribution in [0.1, 0.15) is 19.8 Å². The molecule has 0 aromatic heterocycles. The van der Waals surface area contributed by atoms with E-state index in [0.717, 1.165) is 5.01 Å². The first-order valence-electron chi connectivity index (χ1n) is 4.43. The fourth-order valence-corrected chi connectivity index (χ4v) is 1.76. The molecule has 2 N–H and O–H groups in total. The highest BCUT2D eigenvalue weighted by Crippen LogP contribution is 2.37. The van der Waals surface area contributed by atoms with Gasteiger partial charge in [-0.3, -0.25) is 5.84 Å². The van der Waals surface area contributed by atoms with Gasteiger partial charge in [0.1, 0.15) is 6.29 Å². The van der Waals surface area contributed by atoms with Gasteiger partial charge in [-0.15, -0.1) is 0 Å². The molecule has 1 aliphatic rings. The van der Waals surface area contributed by atoms with Crippen molar-refractivity contribution in [1.82, 2.24) is 5.01 Å². The van der Waals surface area contributed by atoms with Crippen LogP contribution in [0, 0.1) is 5.92 Å². The van der Waals surface area contributed by atoms with Gasteiger partial charge in [0.15, 0.2) is 0 Å². The zero-order valence-corrected chi connectivity index (χ0v) is 7.79. The summed E-state index contributed by atoms with van der Waals surface area (Å²) in [5, 5.41) is 1.01. The summed E-state index contributed by atoms with van der Waals surface area (Å²) >= 11 is 0. The number of carbonyl (C=O) groups excluding carboxylic acids is 1. The number of hydrogen-bond acceptors (Lipinski definition) is 3. The second-order valence-electron chi connectivity index (χ2n) is 3.65. The molecule has 1 fully saturated rings. The van der Waals surface area contributed by atoms with E-state index in [1.54, 1.807) is 6.92 Å². The van der Waals surface area contributed by atoms with Gasteiger partial charge in [-0.1, -0.05) is 0 Å². The summed E-state index contributed by atoms with van der Waals surface area (Å²) in [7, 11) is 0. The summed E-state index contributed by atoms with van der Waals surface area (Å²) in [6, 6.07) is -1.41. The summed E-state index contributed by atoms with van der Waals surface area (Å²) in [5.41, 5.74) is 0. The maximum atomic E-state index is 12.4. The molecule has 0 aromatic rings. The summed E-state index contributed by atoms with van der Waals surface area (Å²) in [6.45, 7) is 1.71. The normalized spacial score (nSPS) is 35.6. The molecule has 6 heteroatoms. The van der Waals surface area contributed by atoms with Gasteiger partial charge in [-0.2, -0.15) is 13.2 Å². The van der Waals surface area contributed by atoms with Crippen molar-refractivity contribution in [1.29, 1.82) is 0 Å². The van der Waals surface area contributed by atoms with Crippen LogP contribution in [0.15, 0.2) is 0 Å². The van der Waals surface area contributed by atoms with Gasteiger partial charge in [0.2, 0.25) is 0 Å². The Balaban J connectivity index is 2.82. The lowest BCUT2D eigenvalue weighted by molar-refractivity contribution is -0.203. The lowest BCUT2D eigenvalue weighted by Crippen LogP contribution is -2.57. The fourth-order valence-electron chi connectivity index (χ4n) is 1.76. The van der Waals surface area contributed by atoms with Crippen LogP contribution < -0.4 is 5.84 Å². The van der Waals surface area contributed by atoms with Gasteiger partial charge >= 0.3 is 6.18 Å². The van der Waals surface area contributed by atoms with E-state index in [0.29, 0.717) is 6.42 Å². The molecule has 0 radical (unpaired) electrons. The molecule has 3 atom stereocenters. The van der Waals surface area contributed by atoms with E-state index in [9.17, 15) is 18.0 Å². The van der Waals surface area contributed by atoms with E-state index in [1.807, 2.05) is 0 Å². The minimum absolute atomic E-state index is 0.0260. The smallest absolute Gasteiger partial charge is 0.302 e. The molecule has 1 aliphatic heterocycles. The van der Waals surface area contributed by atoms with Crippen LogP contribution in [0.3, 0.4) is 0 Å². The van der Waals surface area contributed by atoms with Crippen LogP contribution in [-0.2, 0) is 4.79 Å². The van der Waals surface area contributed by atoms with E-state index in [2.05, 4.69) is 0 Å². The number of nitrogens with two attached hydrogens (primary N) is 1. The minimum atomic E-state index is -4.34. The molecule has 1 rings (SSSR count). The number of halogens is 3. The van der Waals surface area contributed by atoms with Crippen LogP contribution in [0.5, 0.6) is 0 Å². The van der Waals surface area contributed by atoms with Crippen molar-refractivity contribution in [2.24, 2.45) is 11.8 Å². The van der Waals surface area contributed by atoms with Crippen molar-refractivity contribution in [3.63, 3.8) is 0 Å². The SMILES string of the molecule is CC1CCC(C(F)(F)F)C(C=O)N1N. The Labute approximate surface area is 80.0 Å². The van der Waals surface area contributed by atoms with Crippen LogP contribution in [0.25, 0.3) is 0 Å². The Bertz CT molecular complexity index is 219. The van der Waals surface area contributed by atoms with Crippen LogP contribution >= 0.6 is 0 Å². The number of rotatable bonds is 1. The molecule has 0 spiro atoms. The number of alkyl halides is 3. The van der Waals surface area contributed by atoms with Crippen molar-refractivity contribution < 1.29 is 18.0 Å². The predicted molar refractivity (Wildman–Crippen MR) is 44.1 cm³/mol. The van der Waals surface area contributed by atoms with Crippen LogP contribution in [-0.4, -0.2) is 29.6 Å². The second-order valence-corrected chi connectivity index (χ2v) is 3.65. The Kier molecular flexibility index (Phi) is 3.16. The molecule has 3 unspecified atom stereocenters. The first-order valence-corrected chi connectivity index (χ1v) is 4.43. The monoisotopic (exact) mass is 210 g/mol. The Morgan fingerprint density at radius 3 is 2.43 bits per heavy atom. The predicted octanol–water partition coefficient (Wildman–Crippen LogP) is 1.09. The molecule has 1 heterocycles. The average Bonchev–Trinajstić information content (AvgIpc) is 2.07. The Hall–Kier alpha value is -0.620. The third-order valence-corrected chi connectivity index (χ3v) is 2.72. The second kappa shape index (κ2) is 3.86. The van der Waals surface area contributed by atoms with Crippen molar-refractivity contribution in [2.45, 2.75) is 38.0 Å². The molecule has 0 bridgehead atoms. The van der Waals surface area contributed by atoms with Gasteiger partial charge in [-0.25, -0.2) is 5.01 Å². The standard InChI is InChI=1S/C8H13F3N2O/c1-5-2-3-6(8(9,10)11)7(4-14)13(5)12/h4-7H,2-3,12H2,1H3. The maximum absolute atomic E-state index is 12.4. The molecule has 1 saturated heterocycles. The minimum Gasteiger partial charge on any atom is -0.302 e. The number of hydrogen-bond donors (Lipinski definition) is 1. The number of nitrogens with zero attached hydrogens (tertiary/aromatic N) is 1. The quantitative estimate of drug-likeness (QED) is 0.520. The first-order chi connectivity index (χ1) is 6.38. The summed E-state index contributed by atoms with van der Waals surface area (Å²) in [5.74, 6) is 3.80. The molecule has 0 aromatic carbocycles. The van der Waals surface area contributed by atoms with Gasteiger partial charge in [0, 0.05) is 6.04 Å². The zero-order chi connectivity index (χ0) is 10.9. The first kappa shape index (κ1) is 11.5. The highest BCUT2D eigenvalue weighted by Gasteiger charge is 2.49. The summed E-state index contributed by atoms with van der Waals surface area (Å²) < 4.78 is 37.3. The van der Waals surface area contributed by atoms with Crippen molar-refractivity contribution >= 4 is 6.29 Å². The lowest BCUT2D eigenvalue weighted by Gasteiger charge is -2.40. The third-order valence-electron chi connectivity index (χ3n) is 2.72. The average molecular weight is 210 g/mol. The van der Waals surface area contributed by atoms with E-state index in [-0.39, 0.29) is 18.7 Å². The summed E-state index contributed by atoms with van der Waals surface area (Å²) in [4.78, 5) is 10.6. The van der Waals surface area contributed by atoms with E-state index in [1.165, 1.54) is 0 Å². The van der Waals surface area contributed by atoms with E-state index in [4.69, 9.17) is 5.84 Å². The lowest BCUT2D eigenvalue weighted by atomic mass is 9.87. The Morgan fingerprint density at radius 1 is 1.43 bits per heavy atom. The van der Waals surface area contributed by atoms with Crippen LogP contribution in [0.4, 0.5) is 13.2 Å². The van der Waals surface area contributed by atoms with Crippen molar-refractivity contribution in [3.05, 3.63) is 0 Å². The van der Waals surface area contributed by atoms with Crippen molar-refractivity contribution in [3.8, 4) is 0 Å². The largest absolute Gasteiger partial charge is 0.393 e. The number of carbonyl (C=O) groups is 1. The topological polar surface area (TPSA) is 46.3 Å². The van der Waals surface area contributed by atoms with Crippen LogP contribution in [0.2, 0.25) is 0 Å². The summed E-state index contributed by atoms with van der Waals surface area (Å²) in [6.07, 6.45) is -3.72. The maximum Gasteiger partial charge on any atom is 0.393 e. The Morgan fingerprint density at radius 2 is 2.00 bits per heavy atom. The van der Waals surface area contributed by atoms with E-state index < -0.39 is 18.1 Å². The number of hydrazine groups is 1. The molecule has 3 nitrogen and oxygen atoms in total. The zero-order valence-electron chi connectivity index (χ0n) is 7.79. The molecule has 14 heavy (non-hydrogen) atoms. The molecule has 0 saturated carbocycles. The van der Waals surface area contributed by atoms with Gasteiger partial charge < -0.3 is 4.79 Å². The highest BCUT2D eigenvalue weighted by molar-refractivity contribution is 5.58. The molecule has 82 valence electrons. The highest BCUT2D eigenvalue weighted by atomic mass is 19.4. The van der Waals surface area contributed by atoms with Crippen molar-refractivity contribution in [2.75, 3.05) is 0 Å². The molecule has 0 amide bonds. The number of aldehydes is 1. The molecular weight excluding hydrogens is 197 g/mol. The fraction of sp³-hybridized carbons (Fsp3) is 0.875. The van der Waals surface area contributed by atoms with Gasteiger partial charge in [0.05, 0.1) is 12.0 Å². The molecule has 0 aliphatic carbocycles.